The van der Waals surface area contributed by atoms with Crippen LogP contribution in [0.3, 0.4) is 0 Å². The number of amides is 1. The fourth-order valence-corrected chi connectivity index (χ4v) is 1.72. The third kappa shape index (κ3) is 2.13. The Kier molecular flexibility index (Phi) is 3.28. The third-order valence-electron chi connectivity index (χ3n) is 2.36. The molecule has 1 aliphatic carbocycles. The van der Waals surface area contributed by atoms with Crippen molar-refractivity contribution in [1.29, 1.82) is 0 Å². The van der Waals surface area contributed by atoms with Crippen molar-refractivity contribution in [3.63, 3.8) is 0 Å². The van der Waals surface area contributed by atoms with Gasteiger partial charge in [0.05, 0.1) is 7.11 Å². The van der Waals surface area contributed by atoms with E-state index in [1.807, 2.05) is 12.2 Å². The summed E-state index contributed by atoms with van der Waals surface area (Å²) in [4.78, 5) is 22.5. The molecule has 0 aliphatic heterocycles. The van der Waals surface area contributed by atoms with Crippen LogP contribution < -0.4 is 5.32 Å². The topological polar surface area (TPSA) is 55.4 Å². The van der Waals surface area contributed by atoms with E-state index in [0.29, 0.717) is 12.8 Å². The van der Waals surface area contributed by atoms with Crippen molar-refractivity contribution in [2.24, 2.45) is 0 Å². The van der Waals surface area contributed by atoms with E-state index >= 15 is 0 Å². The maximum atomic E-state index is 11.6. The molecule has 0 spiro atoms. The van der Waals surface area contributed by atoms with Gasteiger partial charge in [-0.3, -0.25) is 4.79 Å². The first-order valence-electron chi connectivity index (χ1n) is 4.63. The van der Waals surface area contributed by atoms with Gasteiger partial charge in [0.2, 0.25) is 5.91 Å². The molecule has 0 radical (unpaired) electrons. The average Bonchev–Trinajstić information content (AvgIpc) is 2.17. The summed E-state index contributed by atoms with van der Waals surface area (Å²) in [5.41, 5.74) is -0.838. The first-order valence-corrected chi connectivity index (χ1v) is 4.63. The molecule has 78 valence electrons. The van der Waals surface area contributed by atoms with Gasteiger partial charge in [-0.1, -0.05) is 12.2 Å². The van der Waals surface area contributed by atoms with Crippen LogP contribution in [0.15, 0.2) is 12.2 Å². The maximum absolute atomic E-state index is 11.6. The lowest BCUT2D eigenvalue weighted by atomic mass is 9.85. The van der Waals surface area contributed by atoms with Crippen LogP contribution in [0.1, 0.15) is 26.2 Å². The summed E-state index contributed by atoms with van der Waals surface area (Å²) >= 11 is 0. The number of nitrogens with one attached hydrogen (secondary N) is 1. The molecule has 0 heterocycles. The summed E-state index contributed by atoms with van der Waals surface area (Å²) in [6, 6.07) is 0. The molecule has 1 rings (SSSR count). The van der Waals surface area contributed by atoms with Crippen molar-refractivity contribution >= 4 is 11.9 Å². The highest BCUT2D eigenvalue weighted by Gasteiger charge is 2.39. The summed E-state index contributed by atoms with van der Waals surface area (Å²) in [7, 11) is 1.34. The van der Waals surface area contributed by atoms with Gasteiger partial charge in [0.25, 0.3) is 0 Å². The standard InChI is InChI=1S/C10H15NO3/c1-8(12)11-10(9(13)14-2)6-4-3-5-7-10/h3-4H,5-7H2,1-2H3,(H,11,12)/t10-/m1/s1. The van der Waals surface area contributed by atoms with Crippen LogP contribution in [-0.4, -0.2) is 24.5 Å². The van der Waals surface area contributed by atoms with Gasteiger partial charge < -0.3 is 10.1 Å². The fourth-order valence-electron chi connectivity index (χ4n) is 1.72. The summed E-state index contributed by atoms with van der Waals surface area (Å²) < 4.78 is 4.71. The molecule has 4 nitrogen and oxygen atoms in total. The molecule has 4 heteroatoms. The molecule has 0 fully saturated rings. The SMILES string of the molecule is COC(=O)[C@@]1(NC(C)=O)CC=CCC1. The Balaban J connectivity index is 2.83. The number of hydrogen-bond donors (Lipinski definition) is 1. The Morgan fingerprint density at radius 1 is 1.43 bits per heavy atom. The Hall–Kier alpha value is -1.32. The maximum Gasteiger partial charge on any atom is 0.331 e. The van der Waals surface area contributed by atoms with Gasteiger partial charge in [-0.2, -0.15) is 0 Å². The molecular formula is C10H15NO3. The first-order chi connectivity index (χ1) is 6.60. The highest BCUT2D eigenvalue weighted by molar-refractivity contribution is 5.87. The Labute approximate surface area is 83.3 Å². The highest BCUT2D eigenvalue weighted by atomic mass is 16.5. The van der Waals surface area contributed by atoms with Crippen LogP contribution in [0.4, 0.5) is 0 Å². The van der Waals surface area contributed by atoms with Gasteiger partial charge in [0.1, 0.15) is 5.54 Å². The molecule has 0 unspecified atom stereocenters. The lowest BCUT2D eigenvalue weighted by molar-refractivity contribution is -0.151. The van der Waals surface area contributed by atoms with Crippen molar-refractivity contribution in [3.05, 3.63) is 12.2 Å². The number of carbonyl (C=O) groups is 2. The predicted octanol–water partition coefficient (Wildman–Crippen LogP) is 0.774. The van der Waals surface area contributed by atoms with Crippen molar-refractivity contribution < 1.29 is 14.3 Å². The van der Waals surface area contributed by atoms with Crippen molar-refractivity contribution in [2.45, 2.75) is 31.7 Å². The van der Waals surface area contributed by atoms with E-state index in [2.05, 4.69) is 5.32 Å². The molecule has 0 saturated carbocycles. The van der Waals surface area contributed by atoms with Crippen molar-refractivity contribution in [3.8, 4) is 0 Å². The zero-order valence-electron chi connectivity index (χ0n) is 8.50. The van der Waals surface area contributed by atoms with E-state index in [0.717, 1.165) is 6.42 Å². The Morgan fingerprint density at radius 2 is 2.14 bits per heavy atom. The van der Waals surface area contributed by atoms with Crippen molar-refractivity contribution in [2.75, 3.05) is 7.11 Å². The second kappa shape index (κ2) is 4.26. The first kappa shape index (κ1) is 10.8. The summed E-state index contributed by atoms with van der Waals surface area (Å²) in [6.45, 7) is 1.41. The molecule has 0 aromatic heterocycles. The molecule has 14 heavy (non-hydrogen) atoms. The normalized spacial score (nSPS) is 25.6. The Morgan fingerprint density at radius 3 is 2.57 bits per heavy atom. The number of carbonyl (C=O) groups excluding carboxylic acids is 2. The molecule has 1 amide bonds. The van der Waals surface area contributed by atoms with Crippen LogP contribution in [-0.2, 0) is 14.3 Å². The van der Waals surface area contributed by atoms with Gasteiger partial charge in [0, 0.05) is 6.92 Å². The third-order valence-corrected chi connectivity index (χ3v) is 2.36. The minimum absolute atomic E-state index is 0.203. The van der Waals surface area contributed by atoms with Gasteiger partial charge in [-0.15, -0.1) is 0 Å². The van der Waals surface area contributed by atoms with E-state index in [1.165, 1.54) is 14.0 Å². The average molecular weight is 197 g/mol. The van der Waals surface area contributed by atoms with Crippen LogP contribution in [0.5, 0.6) is 0 Å². The molecule has 0 bridgehead atoms. The quantitative estimate of drug-likeness (QED) is 0.525. The largest absolute Gasteiger partial charge is 0.467 e. The van der Waals surface area contributed by atoms with Gasteiger partial charge in [-0.05, 0) is 19.3 Å². The summed E-state index contributed by atoms with van der Waals surface area (Å²) in [5, 5.41) is 2.68. The minimum Gasteiger partial charge on any atom is -0.467 e. The smallest absolute Gasteiger partial charge is 0.331 e. The lowest BCUT2D eigenvalue weighted by Crippen LogP contribution is -2.54. The number of esters is 1. The molecule has 1 atom stereocenters. The number of rotatable bonds is 2. The number of allylic oxidation sites excluding steroid dienone is 1. The van der Waals surface area contributed by atoms with Crippen LogP contribution >= 0.6 is 0 Å². The van der Waals surface area contributed by atoms with Crippen LogP contribution in [0, 0.1) is 0 Å². The van der Waals surface area contributed by atoms with Gasteiger partial charge in [0.15, 0.2) is 0 Å². The zero-order valence-corrected chi connectivity index (χ0v) is 8.50. The number of hydrogen-bond acceptors (Lipinski definition) is 3. The van der Waals surface area contributed by atoms with Gasteiger partial charge >= 0.3 is 5.97 Å². The zero-order chi connectivity index (χ0) is 10.6. The molecule has 1 aliphatic rings. The molecule has 0 saturated heterocycles. The van der Waals surface area contributed by atoms with E-state index in [1.54, 1.807) is 0 Å². The fraction of sp³-hybridized carbons (Fsp3) is 0.600. The van der Waals surface area contributed by atoms with E-state index < -0.39 is 5.54 Å². The Bertz CT molecular complexity index is 273. The molecule has 0 aromatic rings. The second-order valence-electron chi connectivity index (χ2n) is 3.47. The van der Waals surface area contributed by atoms with Crippen LogP contribution in [0.2, 0.25) is 0 Å². The van der Waals surface area contributed by atoms with Crippen molar-refractivity contribution in [1.82, 2.24) is 5.32 Å². The summed E-state index contributed by atoms with van der Waals surface area (Å²) in [5.74, 6) is -0.567. The number of ether oxygens (including phenoxy) is 1. The molecule has 1 N–H and O–H groups in total. The van der Waals surface area contributed by atoms with E-state index in [4.69, 9.17) is 4.74 Å². The number of methoxy groups -OCH3 is 1. The second-order valence-corrected chi connectivity index (χ2v) is 3.47. The molecular weight excluding hydrogens is 182 g/mol. The monoisotopic (exact) mass is 197 g/mol. The van der Waals surface area contributed by atoms with Gasteiger partial charge in [-0.25, -0.2) is 4.79 Å². The van der Waals surface area contributed by atoms with E-state index in [-0.39, 0.29) is 11.9 Å². The molecule has 0 aromatic carbocycles. The lowest BCUT2D eigenvalue weighted by Gasteiger charge is -2.32. The highest BCUT2D eigenvalue weighted by Crippen LogP contribution is 2.24. The predicted molar refractivity (Wildman–Crippen MR) is 51.6 cm³/mol. The minimum atomic E-state index is -0.838. The van der Waals surface area contributed by atoms with E-state index in [9.17, 15) is 9.59 Å². The summed E-state index contributed by atoms with van der Waals surface area (Å²) in [6.07, 6.45) is 5.81. The van der Waals surface area contributed by atoms with Crippen LogP contribution in [0.25, 0.3) is 0 Å².